The molecule has 8 nitrogen and oxygen atoms in total. The van der Waals surface area contributed by atoms with Gasteiger partial charge in [0, 0.05) is 23.2 Å². The normalized spacial score (nSPS) is 11.6. The highest BCUT2D eigenvalue weighted by atomic mass is 35.5. The first-order chi connectivity index (χ1) is 15.1. The van der Waals surface area contributed by atoms with Gasteiger partial charge >= 0.3 is 0 Å². The molecule has 0 bridgehead atoms. The number of para-hydroxylation sites is 1. The summed E-state index contributed by atoms with van der Waals surface area (Å²) in [5, 5.41) is 22.6. The number of fused-ring (bicyclic) bond motifs is 1. The van der Waals surface area contributed by atoms with Crippen LogP contribution in [0.4, 0.5) is 11.4 Å². The zero-order valence-electron chi connectivity index (χ0n) is 17.0. The summed E-state index contributed by atoms with van der Waals surface area (Å²) in [5.74, 6) is -0.200. The van der Waals surface area contributed by atoms with Crippen LogP contribution in [0.25, 0.3) is 16.6 Å². The number of non-ortho nitro benzene ring substituents is 1. The molecule has 0 spiro atoms. The van der Waals surface area contributed by atoms with Gasteiger partial charge in [0.15, 0.2) is 5.75 Å². The number of phenols is 1. The van der Waals surface area contributed by atoms with Gasteiger partial charge in [0.25, 0.3) is 15.7 Å². The maximum atomic E-state index is 12.9. The number of hydrogen-bond donors (Lipinski definition) is 2. The number of nitro benzene ring substituents is 1. The Morgan fingerprint density at radius 3 is 2.50 bits per heavy atom. The Bertz CT molecular complexity index is 1500. The fraction of sp³-hybridized carbons (Fsp3) is 0.0909. The first-order valence-corrected chi connectivity index (χ1v) is 11.3. The molecule has 0 aliphatic carbocycles. The molecule has 0 fully saturated rings. The Balaban J connectivity index is 1.84. The van der Waals surface area contributed by atoms with Crippen LogP contribution in [0.15, 0.2) is 65.6 Å². The first kappa shape index (κ1) is 21.7. The largest absolute Gasteiger partial charge is 0.504 e. The summed E-state index contributed by atoms with van der Waals surface area (Å²) in [6.07, 6.45) is 0. The number of rotatable bonds is 5. The van der Waals surface area contributed by atoms with Gasteiger partial charge in [-0.2, -0.15) is 0 Å². The third-order valence-corrected chi connectivity index (χ3v) is 6.97. The van der Waals surface area contributed by atoms with Crippen molar-refractivity contribution in [1.29, 1.82) is 0 Å². The zero-order chi connectivity index (χ0) is 23.2. The molecule has 164 valence electrons. The van der Waals surface area contributed by atoms with Gasteiger partial charge in [-0.3, -0.25) is 14.8 Å². The van der Waals surface area contributed by atoms with Crippen LogP contribution in [0.2, 0.25) is 5.02 Å². The van der Waals surface area contributed by atoms with Crippen LogP contribution >= 0.6 is 11.6 Å². The summed E-state index contributed by atoms with van der Waals surface area (Å²) in [4.78, 5) is 10.1. The van der Waals surface area contributed by atoms with Gasteiger partial charge < -0.3 is 9.67 Å². The fourth-order valence-corrected chi connectivity index (χ4v) is 4.93. The molecular weight excluding hydrogens is 454 g/mol. The molecule has 32 heavy (non-hydrogen) atoms. The van der Waals surface area contributed by atoms with Crippen LogP contribution in [-0.2, 0) is 10.0 Å². The molecule has 0 saturated carbocycles. The highest BCUT2D eigenvalue weighted by Crippen LogP contribution is 2.38. The predicted octanol–water partition coefficient (Wildman–Crippen LogP) is 5.32. The number of aromatic nitrogens is 1. The number of hydrogen-bond acceptors (Lipinski definition) is 5. The van der Waals surface area contributed by atoms with Crippen LogP contribution in [-0.4, -0.2) is 23.0 Å². The fourth-order valence-electron chi connectivity index (χ4n) is 3.63. The van der Waals surface area contributed by atoms with Gasteiger partial charge in [-0.1, -0.05) is 35.9 Å². The van der Waals surface area contributed by atoms with E-state index in [1.807, 2.05) is 38.1 Å². The van der Waals surface area contributed by atoms with Gasteiger partial charge in [0.2, 0.25) is 0 Å². The van der Waals surface area contributed by atoms with Crippen molar-refractivity contribution in [1.82, 2.24) is 4.57 Å². The minimum absolute atomic E-state index is 0.0472. The number of nitrogens with zero attached hydrogens (tertiary/aromatic N) is 2. The van der Waals surface area contributed by atoms with Crippen molar-refractivity contribution in [3.8, 4) is 11.4 Å². The molecule has 3 aromatic carbocycles. The van der Waals surface area contributed by atoms with E-state index in [1.54, 1.807) is 4.57 Å². The Morgan fingerprint density at radius 2 is 1.78 bits per heavy atom. The summed E-state index contributed by atoms with van der Waals surface area (Å²) >= 11 is 6.23. The molecule has 0 aliphatic heterocycles. The van der Waals surface area contributed by atoms with Crippen molar-refractivity contribution in [2.45, 2.75) is 18.7 Å². The summed E-state index contributed by atoms with van der Waals surface area (Å²) in [6, 6.07) is 15.1. The van der Waals surface area contributed by atoms with Crippen molar-refractivity contribution in [3.05, 3.63) is 87.1 Å². The third kappa shape index (κ3) is 3.65. The Hall–Kier alpha value is -3.56. The lowest BCUT2D eigenvalue weighted by Gasteiger charge is -2.15. The maximum Gasteiger partial charge on any atom is 0.270 e. The molecule has 1 heterocycles. The summed E-state index contributed by atoms with van der Waals surface area (Å²) in [5.41, 5.74) is 2.75. The maximum absolute atomic E-state index is 12.9. The second kappa shape index (κ2) is 7.85. The van der Waals surface area contributed by atoms with Crippen LogP contribution in [0.1, 0.15) is 11.3 Å². The number of aryl methyl sites for hydroxylation is 1. The molecule has 4 rings (SSSR count). The number of halogens is 1. The second-order valence-corrected chi connectivity index (χ2v) is 9.34. The number of anilines is 1. The van der Waals surface area contributed by atoms with Gasteiger partial charge in [-0.25, -0.2) is 8.42 Å². The lowest BCUT2D eigenvalue weighted by atomic mass is 10.2. The third-order valence-electron chi connectivity index (χ3n) is 5.30. The molecule has 0 atom stereocenters. The number of benzene rings is 3. The van der Waals surface area contributed by atoms with E-state index >= 15 is 0 Å². The number of nitrogens with one attached hydrogen (secondary N) is 1. The number of nitro groups is 1. The highest BCUT2D eigenvalue weighted by molar-refractivity contribution is 7.92. The molecule has 0 radical (unpaired) electrons. The summed E-state index contributed by atoms with van der Waals surface area (Å²) in [7, 11) is -4.15. The quantitative estimate of drug-likeness (QED) is 0.232. The Labute approximate surface area is 188 Å². The van der Waals surface area contributed by atoms with E-state index in [1.165, 1.54) is 30.3 Å². The van der Waals surface area contributed by atoms with E-state index in [4.69, 9.17) is 11.6 Å². The first-order valence-electron chi connectivity index (χ1n) is 9.47. The van der Waals surface area contributed by atoms with Gasteiger partial charge in [0.05, 0.1) is 31.7 Å². The van der Waals surface area contributed by atoms with E-state index in [-0.39, 0.29) is 27.0 Å². The highest BCUT2D eigenvalue weighted by Gasteiger charge is 2.21. The molecule has 10 heteroatoms. The van der Waals surface area contributed by atoms with Crippen LogP contribution in [0.3, 0.4) is 0 Å². The lowest BCUT2D eigenvalue weighted by Crippen LogP contribution is -2.13. The van der Waals surface area contributed by atoms with E-state index in [9.17, 15) is 23.6 Å². The SMILES string of the molecule is Cc1c(C)n(-c2cc(NS(=O)(=O)c3cccc([N+](=O)[O-])c3)cc(Cl)c2O)c2ccccc12. The molecule has 0 amide bonds. The minimum atomic E-state index is -4.15. The molecule has 2 N–H and O–H groups in total. The molecule has 1 aromatic heterocycles. The molecule has 0 unspecified atom stereocenters. The lowest BCUT2D eigenvalue weighted by molar-refractivity contribution is -0.385. The van der Waals surface area contributed by atoms with Crippen LogP contribution in [0, 0.1) is 24.0 Å². The molecule has 4 aromatic rings. The van der Waals surface area contributed by atoms with Crippen LogP contribution < -0.4 is 4.72 Å². The van der Waals surface area contributed by atoms with Gasteiger partial charge in [0.1, 0.15) is 0 Å². The van der Waals surface area contributed by atoms with Crippen molar-refractivity contribution in [2.75, 3.05) is 4.72 Å². The van der Waals surface area contributed by atoms with Crippen molar-refractivity contribution in [2.24, 2.45) is 0 Å². The van der Waals surface area contributed by atoms with E-state index in [0.717, 1.165) is 28.2 Å². The van der Waals surface area contributed by atoms with Crippen molar-refractivity contribution >= 4 is 43.9 Å². The number of phenolic OH excluding ortho intramolecular Hbond substituents is 1. The summed E-state index contributed by atoms with van der Waals surface area (Å²) in [6.45, 7) is 3.85. The number of aromatic hydroxyl groups is 1. The van der Waals surface area contributed by atoms with Crippen molar-refractivity contribution < 1.29 is 18.4 Å². The van der Waals surface area contributed by atoms with E-state index in [0.29, 0.717) is 5.69 Å². The minimum Gasteiger partial charge on any atom is -0.504 e. The monoisotopic (exact) mass is 471 g/mol. The number of sulfonamides is 1. The van der Waals surface area contributed by atoms with Crippen molar-refractivity contribution in [3.63, 3.8) is 0 Å². The average Bonchev–Trinajstić information content (AvgIpc) is 3.01. The molecule has 0 saturated heterocycles. The van der Waals surface area contributed by atoms with E-state index < -0.39 is 14.9 Å². The Kier molecular flexibility index (Phi) is 5.31. The van der Waals surface area contributed by atoms with Gasteiger partial charge in [-0.15, -0.1) is 0 Å². The van der Waals surface area contributed by atoms with E-state index in [2.05, 4.69) is 4.72 Å². The Morgan fingerprint density at radius 1 is 1.06 bits per heavy atom. The zero-order valence-corrected chi connectivity index (χ0v) is 18.6. The second-order valence-electron chi connectivity index (χ2n) is 7.25. The predicted molar refractivity (Wildman–Crippen MR) is 123 cm³/mol. The molecule has 0 aliphatic rings. The molecular formula is C22H18ClN3O5S. The smallest absolute Gasteiger partial charge is 0.270 e. The standard InChI is InChI=1S/C22H18ClN3O5S/c1-13-14(2)25(20-9-4-3-8-18(13)20)21-11-15(10-19(23)22(21)27)24-32(30,31)17-7-5-6-16(12-17)26(28)29/h3-12,24,27H,1-2H3. The summed E-state index contributed by atoms with van der Waals surface area (Å²) < 4.78 is 29.9. The van der Waals surface area contributed by atoms with Crippen LogP contribution in [0.5, 0.6) is 5.75 Å². The average molecular weight is 472 g/mol. The van der Waals surface area contributed by atoms with Gasteiger partial charge in [-0.05, 0) is 43.7 Å². The topological polar surface area (TPSA) is 114 Å².